The average Bonchev–Trinajstić information content (AvgIpc) is 2.72. The van der Waals surface area contributed by atoms with Gasteiger partial charge in [-0.15, -0.1) is 0 Å². The fourth-order valence-electron chi connectivity index (χ4n) is 2.39. The summed E-state index contributed by atoms with van der Waals surface area (Å²) in [6.07, 6.45) is 0.770. The van der Waals surface area contributed by atoms with Gasteiger partial charge in [-0.1, -0.05) is 18.2 Å². The van der Waals surface area contributed by atoms with Gasteiger partial charge >= 0.3 is 5.97 Å². The van der Waals surface area contributed by atoms with Gasteiger partial charge < -0.3 is 14.9 Å². The van der Waals surface area contributed by atoms with Gasteiger partial charge in [-0.3, -0.25) is 9.59 Å². The van der Waals surface area contributed by atoms with Crippen molar-refractivity contribution in [3.8, 4) is 0 Å². The maximum absolute atomic E-state index is 12.1. The molecule has 102 valence electrons. The first-order chi connectivity index (χ1) is 9.09. The number of rotatable bonds is 5. The normalized spacial score (nSPS) is 18.7. The van der Waals surface area contributed by atoms with Crippen LogP contribution in [0.5, 0.6) is 0 Å². The van der Waals surface area contributed by atoms with E-state index in [0.29, 0.717) is 6.54 Å². The Labute approximate surface area is 112 Å². The Morgan fingerprint density at radius 3 is 2.63 bits per heavy atom. The molecule has 0 bridgehead atoms. The van der Waals surface area contributed by atoms with Crippen LogP contribution in [0.4, 0.5) is 5.69 Å². The van der Waals surface area contributed by atoms with Crippen molar-refractivity contribution in [2.24, 2.45) is 0 Å². The highest BCUT2D eigenvalue weighted by molar-refractivity contribution is 5.87. The van der Waals surface area contributed by atoms with E-state index in [-0.39, 0.29) is 18.4 Å². The van der Waals surface area contributed by atoms with E-state index in [1.165, 1.54) is 0 Å². The SMILES string of the molecule is CN1CCC(N(CCC(=O)O)c2ccccc2)C1=O. The molecular formula is C14H18N2O3. The van der Waals surface area contributed by atoms with Crippen LogP contribution in [0.1, 0.15) is 12.8 Å². The number of carboxylic acid groups (broad SMARTS) is 1. The summed E-state index contributed by atoms with van der Waals surface area (Å²) in [7, 11) is 1.78. The third-order valence-corrected chi connectivity index (χ3v) is 3.43. The molecular weight excluding hydrogens is 244 g/mol. The van der Waals surface area contributed by atoms with Crippen molar-refractivity contribution in [3.63, 3.8) is 0 Å². The van der Waals surface area contributed by atoms with E-state index in [2.05, 4.69) is 0 Å². The second kappa shape index (κ2) is 5.73. The highest BCUT2D eigenvalue weighted by Gasteiger charge is 2.34. The maximum Gasteiger partial charge on any atom is 0.305 e. The van der Waals surface area contributed by atoms with Crippen molar-refractivity contribution in [1.82, 2.24) is 4.90 Å². The zero-order valence-electron chi connectivity index (χ0n) is 11.0. The lowest BCUT2D eigenvalue weighted by Crippen LogP contribution is -2.42. The average molecular weight is 262 g/mol. The van der Waals surface area contributed by atoms with E-state index in [9.17, 15) is 9.59 Å². The number of likely N-dealkylation sites (tertiary alicyclic amines) is 1. The minimum Gasteiger partial charge on any atom is -0.481 e. The van der Waals surface area contributed by atoms with E-state index >= 15 is 0 Å². The monoisotopic (exact) mass is 262 g/mol. The first-order valence-corrected chi connectivity index (χ1v) is 6.38. The molecule has 0 aromatic heterocycles. The van der Waals surface area contributed by atoms with Crippen LogP contribution >= 0.6 is 0 Å². The second-order valence-corrected chi connectivity index (χ2v) is 4.74. The van der Waals surface area contributed by atoms with Crippen molar-refractivity contribution in [3.05, 3.63) is 30.3 Å². The number of amides is 1. The summed E-state index contributed by atoms with van der Waals surface area (Å²) in [6, 6.07) is 9.27. The number of hydrogen-bond acceptors (Lipinski definition) is 3. The van der Waals surface area contributed by atoms with Crippen LogP contribution in [0.25, 0.3) is 0 Å². The third-order valence-electron chi connectivity index (χ3n) is 3.43. The van der Waals surface area contributed by atoms with Crippen molar-refractivity contribution in [1.29, 1.82) is 0 Å². The fourth-order valence-corrected chi connectivity index (χ4v) is 2.39. The molecule has 1 saturated heterocycles. The number of carbonyl (C=O) groups excluding carboxylic acids is 1. The van der Waals surface area contributed by atoms with Gasteiger partial charge in [0.15, 0.2) is 0 Å². The van der Waals surface area contributed by atoms with E-state index < -0.39 is 5.97 Å². The number of para-hydroxylation sites is 1. The second-order valence-electron chi connectivity index (χ2n) is 4.74. The number of likely N-dealkylation sites (N-methyl/N-ethyl adjacent to an activating group) is 1. The van der Waals surface area contributed by atoms with Crippen LogP contribution in [0.3, 0.4) is 0 Å². The van der Waals surface area contributed by atoms with Gasteiger partial charge in [-0.2, -0.15) is 0 Å². The highest BCUT2D eigenvalue weighted by Crippen LogP contribution is 2.23. The molecule has 1 atom stereocenters. The number of carbonyl (C=O) groups is 2. The number of benzene rings is 1. The summed E-state index contributed by atoms with van der Waals surface area (Å²) in [5, 5.41) is 8.85. The van der Waals surface area contributed by atoms with Crippen LogP contribution in [-0.2, 0) is 9.59 Å². The molecule has 1 fully saturated rings. The van der Waals surface area contributed by atoms with Gasteiger partial charge in [0, 0.05) is 25.8 Å². The number of carboxylic acids is 1. The zero-order chi connectivity index (χ0) is 13.8. The Morgan fingerprint density at radius 1 is 1.42 bits per heavy atom. The highest BCUT2D eigenvalue weighted by atomic mass is 16.4. The molecule has 1 aliphatic heterocycles. The summed E-state index contributed by atoms with van der Waals surface area (Å²) < 4.78 is 0. The summed E-state index contributed by atoms with van der Waals surface area (Å²) in [5.74, 6) is -0.783. The minimum atomic E-state index is -0.847. The first-order valence-electron chi connectivity index (χ1n) is 6.38. The molecule has 1 aromatic carbocycles. The van der Waals surface area contributed by atoms with Crippen molar-refractivity contribution in [2.75, 3.05) is 25.0 Å². The largest absolute Gasteiger partial charge is 0.481 e. The topological polar surface area (TPSA) is 60.9 Å². The van der Waals surface area contributed by atoms with Gasteiger partial charge in [0.05, 0.1) is 6.42 Å². The summed E-state index contributed by atoms with van der Waals surface area (Å²) in [4.78, 5) is 26.5. The van der Waals surface area contributed by atoms with E-state index in [1.54, 1.807) is 11.9 Å². The van der Waals surface area contributed by atoms with Crippen LogP contribution < -0.4 is 4.90 Å². The Kier molecular flexibility index (Phi) is 4.04. The Morgan fingerprint density at radius 2 is 2.11 bits per heavy atom. The molecule has 1 amide bonds. The van der Waals surface area contributed by atoms with E-state index in [4.69, 9.17) is 5.11 Å². The molecule has 1 unspecified atom stereocenters. The molecule has 0 saturated carbocycles. The molecule has 0 spiro atoms. The van der Waals surface area contributed by atoms with Crippen LogP contribution in [0.15, 0.2) is 30.3 Å². The molecule has 19 heavy (non-hydrogen) atoms. The Bertz CT molecular complexity index is 461. The molecule has 0 radical (unpaired) electrons. The van der Waals surface area contributed by atoms with Crippen LogP contribution in [0, 0.1) is 0 Å². The number of hydrogen-bond donors (Lipinski definition) is 1. The van der Waals surface area contributed by atoms with Gasteiger partial charge in [0.2, 0.25) is 5.91 Å². The standard InChI is InChI=1S/C14H18N2O3/c1-15-9-7-12(14(15)19)16(10-8-13(17)18)11-5-3-2-4-6-11/h2-6,12H,7-10H2,1H3,(H,17,18). The zero-order valence-corrected chi connectivity index (χ0v) is 11.0. The van der Waals surface area contributed by atoms with E-state index in [0.717, 1.165) is 18.7 Å². The smallest absolute Gasteiger partial charge is 0.305 e. The fraction of sp³-hybridized carbons (Fsp3) is 0.429. The molecule has 0 aliphatic carbocycles. The maximum atomic E-state index is 12.1. The predicted octanol–water partition coefficient (Wildman–Crippen LogP) is 1.20. The predicted molar refractivity (Wildman–Crippen MR) is 72.1 cm³/mol. The third kappa shape index (κ3) is 3.05. The quantitative estimate of drug-likeness (QED) is 0.866. The molecule has 1 aromatic rings. The van der Waals surface area contributed by atoms with Gasteiger partial charge in [0.1, 0.15) is 6.04 Å². The van der Waals surface area contributed by atoms with Crippen LogP contribution in [-0.4, -0.2) is 48.1 Å². The first kappa shape index (κ1) is 13.4. The number of anilines is 1. The minimum absolute atomic E-state index is 0.0301. The lowest BCUT2D eigenvalue weighted by Gasteiger charge is -2.29. The summed E-state index contributed by atoms with van der Waals surface area (Å²) >= 11 is 0. The summed E-state index contributed by atoms with van der Waals surface area (Å²) in [6.45, 7) is 1.07. The van der Waals surface area contributed by atoms with Gasteiger partial charge in [-0.05, 0) is 18.6 Å². The lowest BCUT2D eigenvalue weighted by molar-refractivity contribution is -0.137. The van der Waals surface area contributed by atoms with Crippen molar-refractivity contribution >= 4 is 17.6 Å². The Balaban J connectivity index is 2.19. The number of nitrogens with zero attached hydrogens (tertiary/aromatic N) is 2. The van der Waals surface area contributed by atoms with Gasteiger partial charge in [0.25, 0.3) is 0 Å². The van der Waals surface area contributed by atoms with Crippen LogP contribution in [0.2, 0.25) is 0 Å². The molecule has 1 N–H and O–H groups in total. The molecule has 2 rings (SSSR count). The molecule has 5 nitrogen and oxygen atoms in total. The summed E-state index contributed by atoms with van der Waals surface area (Å²) in [5.41, 5.74) is 0.900. The lowest BCUT2D eigenvalue weighted by atomic mass is 10.1. The Hall–Kier alpha value is -2.04. The molecule has 1 aliphatic rings. The van der Waals surface area contributed by atoms with E-state index in [1.807, 2.05) is 35.2 Å². The number of aliphatic carboxylic acids is 1. The van der Waals surface area contributed by atoms with Crippen molar-refractivity contribution < 1.29 is 14.7 Å². The van der Waals surface area contributed by atoms with Crippen molar-refractivity contribution in [2.45, 2.75) is 18.9 Å². The molecule has 5 heteroatoms. The molecule has 1 heterocycles. The van der Waals surface area contributed by atoms with Gasteiger partial charge in [-0.25, -0.2) is 0 Å².